The summed E-state index contributed by atoms with van der Waals surface area (Å²) in [6.45, 7) is 2.77. The van der Waals surface area contributed by atoms with Crippen molar-refractivity contribution in [3.63, 3.8) is 0 Å². The highest BCUT2D eigenvalue weighted by Gasteiger charge is 2.46. The summed E-state index contributed by atoms with van der Waals surface area (Å²) in [5.41, 5.74) is 1.09. The van der Waals surface area contributed by atoms with Crippen LogP contribution in [-0.2, 0) is 4.79 Å². The molecule has 0 spiro atoms. The summed E-state index contributed by atoms with van der Waals surface area (Å²) in [4.78, 5) is 14.6. The summed E-state index contributed by atoms with van der Waals surface area (Å²) >= 11 is 12.1. The first-order valence-electron chi connectivity index (χ1n) is 7.48. The summed E-state index contributed by atoms with van der Waals surface area (Å²) in [7, 11) is 1.96. The predicted octanol–water partition coefficient (Wildman–Crippen LogP) is 3.59. The molecule has 1 saturated heterocycles. The van der Waals surface area contributed by atoms with E-state index in [0.29, 0.717) is 21.9 Å². The lowest BCUT2D eigenvalue weighted by Crippen LogP contribution is -2.31. The van der Waals surface area contributed by atoms with Gasteiger partial charge in [-0.2, -0.15) is 0 Å². The van der Waals surface area contributed by atoms with Crippen molar-refractivity contribution in [1.82, 2.24) is 10.2 Å². The van der Waals surface area contributed by atoms with E-state index < -0.39 is 0 Å². The lowest BCUT2D eigenvalue weighted by Gasteiger charge is -2.16. The molecule has 2 aliphatic rings. The van der Waals surface area contributed by atoms with Gasteiger partial charge in [0.2, 0.25) is 5.91 Å². The van der Waals surface area contributed by atoms with Crippen molar-refractivity contribution in [3.8, 4) is 0 Å². The second kappa shape index (κ2) is 7.39. The predicted molar refractivity (Wildman–Crippen MR) is 93.2 cm³/mol. The van der Waals surface area contributed by atoms with Gasteiger partial charge in [-0.25, -0.2) is 0 Å². The fraction of sp³-hybridized carbons (Fsp3) is 0.562. The molecule has 1 aliphatic heterocycles. The number of hydrogen-bond donors (Lipinski definition) is 1. The van der Waals surface area contributed by atoms with E-state index in [1.54, 1.807) is 6.07 Å². The minimum Gasteiger partial charge on any atom is -0.342 e. The third-order valence-corrected chi connectivity index (χ3v) is 4.95. The van der Waals surface area contributed by atoms with E-state index in [4.69, 9.17) is 23.2 Å². The Bertz CT molecular complexity index is 532. The molecule has 1 aromatic rings. The van der Waals surface area contributed by atoms with Crippen LogP contribution in [-0.4, -0.2) is 37.5 Å². The van der Waals surface area contributed by atoms with Crippen LogP contribution in [0.3, 0.4) is 0 Å². The van der Waals surface area contributed by atoms with E-state index in [0.717, 1.165) is 38.0 Å². The minimum atomic E-state index is 0. The fourth-order valence-electron chi connectivity index (χ4n) is 3.35. The van der Waals surface area contributed by atoms with Gasteiger partial charge in [-0.1, -0.05) is 23.2 Å². The van der Waals surface area contributed by atoms with Crippen molar-refractivity contribution in [2.45, 2.75) is 18.8 Å². The van der Waals surface area contributed by atoms with Gasteiger partial charge in [-0.15, -0.1) is 12.4 Å². The van der Waals surface area contributed by atoms with E-state index in [1.807, 2.05) is 24.1 Å². The Kier molecular flexibility index (Phi) is 6.00. The molecule has 1 amide bonds. The smallest absolute Gasteiger partial charge is 0.226 e. The molecule has 1 heterocycles. The van der Waals surface area contributed by atoms with Crippen molar-refractivity contribution < 1.29 is 4.79 Å². The maximum absolute atomic E-state index is 12.6. The Hall–Kier alpha value is -0.480. The number of nitrogens with one attached hydrogen (secondary N) is 1. The molecule has 0 aromatic heterocycles. The number of rotatable bonds is 4. The van der Waals surface area contributed by atoms with Crippen molar-refractivity contribution >= 4 is 41.5 Å². The highest BCUT2D eigenvalue weighted by atomic mass is 35.5. The molecule has 122 valence electrons. The topological polar surface area (TPSA) is 32.3 Å². The second-order valence-corrected chi connectivity index (χ2v) is 7.02. The zero-order valence-corrected chi connectivity index (χ0v) is 14.8. The van der Waals surface area contributed by atoms with E-state index in [1.165, 1.54) is 0 Å². The van der Waals surface area contributed by atoms with Crippen molar-refractivity contribution in [1.29, 1.82) is 0 Å². The molecule has 1 aliphatic carbocycles. The summed E-state index contributed by atoms with van der Waals surface area (Å²) < 4.78 is 0. The van der Waals surface area contributed by atoms with E-state index >= 15 is 0 Å². The van der Waals surface area contributed by atoms with Crippen LogP contribution >= 0.6 is 35.6 Å². The van der Waals surface area contributed by atoms with E-state index in [9.17, 15) is 4.79 Å². The van der Waals surface area contributed by atoms with Crippen molar-refractivity contribution in [3.05, 3.63) is 33.8 Å². The molecule has 3 unspecified atom stereocenters. The molecular formula is C16H21Cl3N2O. The third-order valence-electron chi connectivity index (χ3n) is 4.51. The van der Waals surface area contributed by atoms with Crippen LogP contribution < -0.4 is 5.32 Å². The van der Waals surface area contributed by atoms with Gasteiger partial charge in [0, 0.05) is 29.1 Å². The standard InChI is InChI=1S/C16H20Cl2N2O.ClH/c1-19-8-10-2-3-20(9-10)16(21)15-7-14(15)11-4-12(17)6-13(18)5-11;/h4-6,10,14-15,19H,2-3,7-9H2,1H3;1H. The maximum Gasteiger partial charge on any atom is 0.226 e. The van der Waals surface area contributed by atoms with Crippen molar-refractivity contribution in [2.24, 2.45) is 11.8 Å². The molecule has 0 bridgehead atoms. The third kappa shape index (κ3) is 3.88. The SMILES string of the molecule is CNCC1CCN(C(=O)C2CC2c2cc(Cl)cc(Cl)c2)C1.Cl. The van der Waals surface area contributed by atoms with Gasteiger partial charge in [0.15, 0.2) is 0 Å². The minimum absolute atomic E-state index is 0. The first kappa shape index (κ1) is 17.9. The van der Waals surface area contributed by atoms with Crippen LogP contribution in [0.15, 0.2) is 18.2 Å². The number of nitrogens with zero attached hydrogens (tertiary/aromatic N) is 1. The normalized spacial score (nSPS) is 26.7. The van der Waals surface area contributed by atoms with Crippen molar-refractivity contribution in [2.75, 3.05) is 26.7 Å². The van der Waals surface area contributed by atoms with Gasteiger partial charge < -0.3 is 10.2 Å². The summed E-state index contributed by atoms with van der Waals surface area (Å²) in [5.74, 6) is 1.30. The number of benzene rings is 1. The first-order valence-corrected chi connectivity index (χ1v) is 8.23. The zero-order valence-electron chi connectivity index (χ0n) is 12.5. The van der Waals surface area contributed by atoms with E-state index in [2.05, 4.69) is 5.32 Å². The summed E-state index contributed by atoms with van der Waals surface area (Å²) in [6.07, 6.45) is 2.02. The molecule has 1 saturated carbocycles. The van der Waals surface area contributed by atoms with Gasteiger partial charge in [0.25, 0.3) is 0 Å². The van der Waals surface area contributed by atoms with Crippen LogP contribution in [0.5, 0.6) is 0 Å². The Labute approximate surface area is 147 Å². The number of hydrogen-bond acceptors (Lipinski definition) is 2. The average molecular weight is 364 g/mol. The monoisotopic (exact) mass is 362 g/mol. The highest BCUT2D eigenvalue weighted by molar-refractivity contribution is 6.34. The number of likely N-dealkylation sites (tertiary alicyclic amines) is 1. The van der Waals surface area contributed by atoms with Crippen LogP contribution in [0, 0.1) is 11.8 Å². The quantitative estimate of drug-likeness (QED) is 0.886. The average Bonchev–Trinajstić information content (AvgIpc) is 3.10. The van der Waals surface area contributed by atoms with Gasteiger partial charge in [-0.05, 0) is 62.0 Å². The summed E-state index contributed by atoms with van der Waals surface area (Å²) in [5, 5.41) is 4.48. The first-order chi connectivity index (χ1) is 10.1. The van der Waals surface area contributed by atoms with Crippen LogP contribution in [0.2, 0.25) is 10.0 Å². The van der Waals surface area contributed by atoms with Crippen LogP contribution in [0.1, 0.15) is 24.3 Å². The van der Waals surface area contributed by atoms with Gasteiger partial charge >= 0.3 is 0 Å². The Morgan fingerprint density at radius 2 is 2.00 bits per heavy atom. The van der Waals surface area contributed by atoms with Gasteiger partial charge in [0.05, 0.1) is 0 Å². The Morgan fingerprint density at radius 3 is 2.64 bits per heavy atom. The second-order valence-electron chi connectivity index (χ2n) is 6.15. The lowest BCUT2D eigenvalue weighted by atomic mass is 10.1. The van der Waals surface area contributed by atoms with Crippen LogP contribution in [0.25, 0.3) is 0 Å². The molecule has 1 aromatic carbocycles. The molecule has 6 heteroatoms. The fourth-order valence-corrected chi connectivity index (χ4v) is 3.89. The highest BCUT2D eigenvalue weighted by Crippen LogP contribution is 2.49. The Morgan fingerprint density at radius 1 is 1.32 bits per heavy atom. The number of halogens is 3. The van der Waals surface area contributed by atoms with Crippen LogP contribution in [0.4, 0.5) is 0 Å². The molecule has 1 N–H and O–H groups in total. The largest absolute Gasteiger partial charge is 0.342 e. The maximum atomic E-state index is 12.6. The molecule has 3 rings (SSSR count). The zero-order chi connectivity index (χ0) is 15.0. The molecule has 2 fully saturated rings. The molecule has 3 atom stereocenters. The molecular weight excluding hydrogens is 343 g/mol. The molecule has 3 nitrogen and oxygen atoms in total. The van der Waals surface area contributed by atoms with Gasteiger partial charge in [0.1, 0.15) is 0 Å². The molecule has 0 radical (unpaired) electrons. The lowest BCUT2D eigenvalue weighted by molar-refractivity contribution is -0.131. The Balaban J connectivity index is 0.00000176. The number of carbonyl (C=O) groups is 1. The van der Waals surface area contributed by atoms with E-state index in [-0.39, 0.29) is 24.2 Å². The summed E-state index contributed by atoms with van der Waals surface area (Å²) in [6, 6.07) is 5.59. The van der Waals surface area contributed by atoms with Gasteiger partial charge in [-0.3, -0.25) is 4.79 Å². The number of amides is 1. The molecule has 22 heavy (non-hydrogen) atoms. The number of carbonyl (C=O) groups excluding carboxylic acids is 1.